The number of hydrogen-bond donors (Lipinski definition) is 7. The first-order valence-electron chi connectivity index (χ1n) is 14.1. The highest BCUT2D eigenvalue weighted by Crippen LogP contribution is 2.45. The zero-order valence-electron chi connectivity index (χ0n) is 23.8. The summed E-state index contributed by atoms with van der Waals surface area (Å²) in [6.07, 6.45) is -14.0. The monoisotopic (exact) mass is 612 g/mol. The standard InChI is InChI=1S/C31H32O13/c1-10-7-13-9-15-20(24(35)18(13)17(8-10)44-31-29(40)27(38)22(33)12(3)42-31)25(36)19-14(23(15)34)5-4-6-16(19)43-30-28(39)26(37)21(32)11(2)41-30/h4-9,11-12,21-22,26-33,35,37-40H,1-3H3. The summed E-state index contributed by atoms with van der Waals surface area (Å²) in [5.41, 5.74) is -0.0209. The van der Waals surface area contributed by atoms with Crippen molar-refractivity contribution >= 4 is 22.3 Å². The van der Waals surface area contributed by atoms with Crippen LogP contribution in [0.3, 0.4) is 0 Å². The fourth-order valence-corrected chi connectivity index (χ4v) is 5.92. The summed E-state index contributed by atoms with van der Waals surface area (Å²) in [4.78, 5) is 27.8. The summed E-state index contributed by atoms with van der Waals surface area (Å²) >= 11 is 0. The van der Waals surface area contributed by atoms with Crippen molar-refractivity contribution in [2.24, 2.45) is 0 Å². The van der Waals surface area contributed by atoms with E-state index in [4.69, 9.17) is 18.9 Å². The van der Waals surface area contributed by atoms with E-state index in [0.717, 1.165) is 0 Å². The van der Waals surface area contributed by atoms with Crippen molar-refractivity contribution in [3.8, 4) is 17.2 Å². The molecule has 0 aromatic heterocycles. The molecule has 234 valence electrons. The van der Waals surface area contributed by atoms with Crippen LogP contribution in [0.4, 0.5) is 0 Å². The number of phenols is 1. The minimum Gasteiger partial charge on any atom is -0.506 e. The summed E-state index contributed by atoms with van der Waals surface area (Å²) in [7, 11) is 0. The Kier molecular flexibility index (Phi) is 7.63. The molecule has 2 aliphatic heterocycles. The summed E-state index contributed by atoms with van der Waals surface area (Å²) < 4.78 is 22.8. The van der Waals surface area contributed by atoms with Crippen LogP contribution in [-0.2, 0) is 9.47 Å². The summed E-state index contributed by atoms with van der Waals surface area (Å²) in [5.74, 6) is -2.14. The van der Waals surface area contributed by atoms with Crippen molar-refractivity contribution in [3.63, 3.8) is 0 Å². The molecule has 44 heavy (non-hydrogen) atoms. The molecule has 7 N–H and O–H groups in total. The average molecular weight is 613 g/mol. The molecule has 2 heterocycles. The van der Waals surface area contributed by atoms with Gasteiger partial charge in [0.05, 0.1) is 28.7 Å². The van der Waals surface area contributed by atoms with Crippen LogP contribution in [-0.4, -0.2) is 109 Å². The lowest BCUT2D eigenvalue weighted by Crippen LogP contribution is -2.58. The summed E-state index contributed by atoms with van der Waals surface area (Å²) in [5, 5.41) is 73.4. The molecule has 10 unspecified atom stereocenters. The third-order valence-electron chi connectivity index (χ3n) is 8.39. The molecule has 3 aromatic rings. The van der Waals surface area contributed by atoms with Gasteiger partial charge in [-0.05, 0) is 49.9 Å². The van der Waals surface area contributed by atoms with E-state index in [1.807, 2.05) is 0 Å². The molecule has 3 aromatic carbocycles. The fourth-order valence-electron chi connectivity index (χ4n) is 5.92. The molecule has 0 radical (unpaired) electrons. The van der Waals surface area contributed by atoms with Gasteiger partial charge in [0.2, 0.25) is 18.4 Å². The Hall–Kier alpha value is -3.66. The normalized spacial score (nSPS) is 33.6. The predicted molar refractivity (Wildman–Crippen MR) is 150 cm³/mol. The predicted octanol–water partition coefficient (Wildman–Crippen LogP) is 0.0418. The van der Waals surface area contributed by atoms with Gasteiger partial charge >= 0.3 is 0 Å². The molecule has 1 aliphatic carbocycles. The van der Waals surface area contributed by atoms with Crippen molar-refractivity contribution in [1.29, 1.82) is 0 Å². The molecule has 13 heteroatoms. The summed E-state index contributed by atoms with van der Waals surface area (Å²) in [6, 6.07) is 8.87. The zero-order valence-corrected chi connectivity index (χ0v) is 23.8. The largest absolute Gasteiger partial charge is 0.506 e. The number of ether oxygens (including phenoxy) is 4. The third-order valence-corrected chi connectivity index (χ3v) is 8.39. The molecule has 10 atom stereocenters. The van der Waals surface area contributed by atoms with E-state index in [1.165, 1.54) is 44.2 Å². The maximum atomic E-state index is 14.0. The highest BCUT2D eigenvalue weighted by atomic mass is 16.7. The minimum atomic E-state index is -1.68. The second-order valence-electron chi connectivity index (χ2n) is 11.4. The Bertz CT molecular complexity index is 1650. The van der Waals surface area contributed by atoms with Gasteiger partial charge in [0.1, 0.15) is 53.9 Å². The van der Waals surface area contributed by atoms with E-state index in [9.17, 15) is 45.3 Å². The Labute approximate surface area is 250 Å². The Morgan fingerprint density at radius 3 is 1.82 bits per heavy atom. The Balaban J connectivity index is 1.43. The van der Waals surface area contributed by atoms with Crippen LogP contribution in [0, 0.1) is 6.92 Å². The molecule has 0 amide bonds. The zero-order chi connectivity index (χ0) is 31.8. The fraction of sp³-hybridized carbons (Fsp3) is 0.419. The lowest BCUT2D eigenvalue weighted by atomic mass is 9.81. The number of ketones is 2. The first kappa shape index (κ1) is 30.4. The second-order valence-corrected chi connectivity index (χ2v) is 11.4. The Morgan fingerprint density at radius 1 is 0.659 bits per heavy atom. The maximum Gasteiger partial charge on any atom is 0.229 e. The number of rotatable bonds is 4. The number of carbonyl (C=O) groups excluding carboxylic acids is 2. The molecular formula is C31H32O13. The van der Waals surface area contributed by atoms with Gasteiger partial charge in [0.25, 0.3) is 0 Å². The number of hydrogen-bond acceptors (Lipinski definition) is 13. The van der Waals surface area contributed by atoms with Crippen molar-refractivity contribution in [2.75, 3.05) is 0 Å². The van der Waals surface area contributed by atoms with Crippen LogP contribution in [0.5, 0.6) is 17.2 Å². The second kappa shape index (κ2) is 11.1. The minimum absolute atomic E-state index is 0.0176. The first-order valence-corrected chi connectivity index (χ1v) is 14.1. The van der Waals surface area contributed by atoms with Crippen molar-refractivity contribution in [1.82, 2.24) is 0 Å². The molecule has 13 nitrogen and oxygen atoms in total. The topological polar surface area (TPSA) is 213 Å². The highest BCUT2D eigenvalue weighted by molar-refractivity contribution is 6.32. The van der Waals surface area contributed by atoms with Crippen LogP contribution in [0.2, 0.25) is 0 Å². The highest BCUT2D eigenvalue weighted by Gasteiger charge is 2.45. The Morgan fingerprint density at radius 2 is 1.23 bits per heavy atom. The van der Waals surface area contributed by atoms with Crippen LogP contribution in [0.1, 0.15) is 51.3 Å². The summed E-state index contributed by atoms with van der Waals surface area (Å²) in [6.45, 7) is 4.68. The van der Waals surface area contributed by atoms with Crippen molar-refractivity contribution in [3.05, 3.63) is 64.2 Å². The van der Waals surface area contributed by atoms with E-state index < -0.39 is 78.7 Å². The quantitative estimate of drug-likeness (QED) is 0.162. The van der Waals surface area contributed by atoms with Gasteiger partial charge < -0.3 is 54.7 Å². The first-order chi connectivity index (χ1) is 20.8. The smallest absolute Gasteiger partial charge is 0.229 e. The van der Waals surface area contributed by atoms with Gasteiger partial charge in [-0.3, -0.25) is 9.59 Å². The molecule has 2 saturated heterocycles. The van der Waals surface area contributed by atoms with Crippen molar-refractivity contribution < 1.29 is 64.3 Å². The van der Waals surface area contributed by atoms with Crippen LogP contribution >= 0.6 is 0 Å². The van der Waals surface area contributed by atoms with Crippen LogP contribution < -0.4 is 9.47 Å². The van der Waals surface area contributed by atoms with E-state index in [0.29, 0.717) is 10.9 Å². The van der Waals surface area contributed by atoms with E-state index in [2.05, 4.69) is 0 Å². The number of aromatic hydroxyl groups is 1. The van der Waals surface area contributed by atoms with Gasteiger partial charge in [-0.1, -0.05) is 18.2 Å². The lowest BCUT2D eigenvalue weighted by molar-refractivity contribution is -0.268. The van der Waals surface area contributed by atoms with E-state index in [1.54, 1.807) is 13.0 Å². The van der Waals surface area contributed by atoms with E-state index in [-0.39, 0.29) is 39.1 Å². The third kappa shape index (κ3) is 4.73. The number of benzene rings is 3. The molecule has 2 fully saturated rings. The number of fused-ring (bicyclic) bond motifs is 3. The maximum absolute atomic E-state index is 14.0. The van der Waals surface area contributed by atoms with Gasteiger partial charge in [-0.2, -0.15) is 0 Å². The molecule has 0 spiro atoms. The molecule has 0 saturated carbocycles. The van der Waals surface area contributed by atoms with Gasteiger partial charge in [-0.15, -0.1) is 0 Å². The van der Waals surface area contributed by atoms with Gasteiger partial charge in [0, 0.05) is 11.1 Å². The average Bonchev–Trinajstić information content (AvgIpc) is 2.98. The van der Waals surface area contributed by atoms with Gasteiger partial charge in [0.15, 0.2) is 5.78 Å². The molecule has 0 bridgehead atoms. The van der Waals surface area contributed by atoms with Crippen LogP contribution in [0.15, 0.2) is 36.4 Å². The number of aliphatic hydroxyl groups is 6. The van der Waals surface area contributed by atoms with Crippen molar-refractivity contribution in [2.45, 2.75) is 82.2 Å². The number of phenolic OH excluding ortho intramolecular Hbond substituents is 1. The number of aryl methyl sites for hydroxylation is 1. The molecule has 6 rings (SSSR count). The number of carbonyl (C=O) groups is 2. The molecule has 3 aliphatic rings. The molecular weight excluding hydrogens is 580 g/mol. The SMILES string of the molecule is Cc1cc(OC2OC(C)C(O)C(O)C2O)c2c(O)c3c(cc2c1)C(=O)c1cccc(OC2OC(C)C(O)C(O)C2O)c1C3=O. The van der Waals surface area contributed by atoms with E-state index >= 15 is 0 Å². The van der Waals surface area contributed by atoms with Crippen LogP contribution in [0.25, 0.3) is 10.8 Å². The lowest BCUT2D eigenvalue weighted by Gasteiger charge is -2.39. The number of aliphatic hydroxyl groups excluding tert-OH is 6. The van der Waals surface area contributed by atoms with Gasteiger partial charge in [-0.25, -0.2) is 0 Å².